The van der Waals surface area contributed by atoms with Gasteiger partial charge in [0.15, 0.2) is 17.2 Å². The first-order valence-corrected chi connectivity index (χ1v) is 16.8. The predicted octanol–water partition coefficient (Wildman–Crippen LogP) is 4.73. The molecule has 3 fully saturated rings. The van der Waals surface area contributed by atoms with Gasteiger partial charge in [0.1, 0.15) is 0 Å². The van der Waals surface area contributed by atoms with Crippen LogP contribution in [-0.2, 0) is 19.2 Å². The number of nitro groups is 2. The fourth-order valence-electron chi connectivity index (χ4n) is 9.01. The van der Waals surface area contributed by atoms with E-state index in [1.54, 1.807) is 55.5 Å². The van der Waals surface area contributed by atoms with E-state index >= 15 is 0 Å². The maximum absolute atomic E-state index is 14.7. The van der Waals surface area contributed by atoms with Crippen molar-refractivity contribution in [3.8, 4) is 17.2 Å². The minimum Gasteiger partial charge on any atom is -0.502 e. The highest BCUT2D eigenvalue weighted by Crippen LogP contribution is 2.64. The van der Waals surface area contributed by atoms with Crippen LogP contribution in [0.1, 0.15) is 31.2 Å². The van der Waals surface area contributed by atoms with Crippen LogP contribution in [0.4, 0.5) is 28.4 Å². The highest BCUT2D eigenvalue weighted by Gasteiger charge is 2.68. The number of carbonyl (C=O) groups excluding carboxylic acids is 4. The molecule has 4 aliphatic rings. The molecular weight excluding hydrogens is 690 g/mol. The van der Waals surface area contributed by atoms with Gasteiger partial charge in [-0.05, 0) is 55.5 Å². The van der Waals surface area contributed by atoms with E-state index in [-0.39, 0.29) is 41.5 Å². The quantitative estimate of drug-likeness (QED) is 0.145. The molecule has 2 saturated heterocycles. The van der Waals surface area contributed by atoms with Gasteiger partial charge in [0, 0.05) is 32.1 Å². The van der Waals surface area contributed by atoms with Gasteiger partial charge in [-0.25, -0.2) is 9.80 Å². The molecular formula is C37H35N5O11. The Morgan fingerprint density at radius 1 is 0.830 bits per heavy atom. The number of aromatic hydroxyl groups is 1. The number of nitro benzene ring substituents is 2. The first-order valence-electron chi connectivity index (χ1n) is 16.8. The van der Waals surface area contributed by atoms with Crippen LogP contribution in [0.15, 0.2) is 66.2 Å². The lowest BCUT2D eigenvalue weighted by Gasteiger charge is -2.49. The number of fused-ring (bicyclic) bond motifs is 4. The number of anilines is 3. The van der Waals surface area contributed by atoms with Gasteiger partial charge < -0.3 is 19.5 Å². The molecule has 0 aromatic heterocycles. The summed E-state index contributed by atoms with van der Waals surface area (Å²) >= 11 is 0. The molecule has 6 atom stereocenters. The number of allylic oxidation sites excluding steroid dienone is 2. The molecule has 16 heteroatoms. The zero-order valence-electron chi connectivity index (χ0n) is 29.3. The Morgan fingerprint density at radius 3 is 1.94 bits per heavy atom. The van der Waals surface area contributed by atoms with Crippen molar-refractivity contribution in [3.63, 3.8) is 0 Å². The van der Waals surface area contributed by atoms with Gasteiger partial charge in [-0.15, -0.1) is 0 Å². The molecule has 0 radical (unpaired) electrons. The van der Waals surface area contributed by atoms with Gasteiger partial charge >= 0.3 is 11.4 Å². The zero-order chi connectivity index (χ0) is 38.3. The van der Waals surface area contributed by atoms with E-state index in [1.807, 2.05) is 0 Å². The number of methoxy groups -OCH3 is 2. The summed E-state index contributed by atoms with van der Waals surface area (Å²) in [7, 11) is 5.53. The highest BCUT2D eigenvalue weighted by molar-refractivity contribution is 6.25. The highest BCUT2D eigenvalue weighted by atomic mass is 16.6. The van der Waals surface area contributed by atoms with Gasteiger partial charge in [0.05, 0.1) is 58.6 Å². The Hall–Kier alpha value is -6.32. The second kappa shape index (κ2) is 12.4. The molecule has 3 aromatic carbocycles. The number of phenolic OH excluding ortho intramolecular Hbond substituents is 1. The smallest absolute Gasteiger partial charge is 0.301 e. The monoisotopic (exact) mass is 725 g/mol. The predicted molar refractivity (Wildman–Crippen MR) is 189 cm³/mol. The van der Waals surface area contributed by atoms with Crippen LogP contribution in [0.2, 0.25) is 0 Å². The molecule has 1 saturated carbocycles. The number of imide groups is 2. The second-order valence-electron chi connectivity index (χ2n) is 14.0. The number of rotatable bonds is 8. The van der Waals surface area contributed by atoms with Gasteiger partial charge in [0.25, 0.3) is 0 Å². The van der Waals surface area contributed by atoms with Crippen LogP contribution in [0.3, 0.4) is 0 Å². The number of hydrogen-bond acceptors (Lipinski definition) is 12. The van der Waals surface area contributed by atoms with Gasteiger partial charge in [-0.1, -0.05) is 29.8 Å². The molecule has 0 spiro atoms. The van der Waals surface area contributed by atoms with Crippen LogP contribution in [-0.4, -0.2) is 66.9 Å². The number of amides is 4. The van der Waals surface area contributed by atoms with Crippen molar-refractivity contribution in [1.29, 1.82) is 0 Å². The minimum absolute atomic E-state index is 0.0208. The molecule has 2 heterocycles. The topological polar surface area (TPSA) is 203 Å². The van der Waals surface area contributed by atoms with Gasteiger partial charge in [0.2, 0.25) is 29.4 Å². The lowest BCUT2D eigenvalue weighted by atomic mass is 9.51. The molecule has 6 unspecified atom stereocenters. The Kier molecular flexibility index (Phi) is 8.23. The first-order chi connectivity index (χ1) is 25.2. The van der Waals surface area contributed by atoms with E-state index in [0.29, 0.717) is 16.8 Å². The molecule has 0 bridgehead atoms. The van der Waals surface area contributed by atoms with Crippen molar-refractivity contribution >= 4 is 52.1 Å². The van der Waals surface area contributed by atoms with Crippen molar-refractivity contribution in [2.75, 3.05) is 43.0 Å². The van der Waals surface area contributed by atoms with Gasteiger partial charge in [-0.3, -0.25) is 39.4 Å². The molecule has 2 aliphatic carbocycles. The fourth-order valence-corrected chi connectivity index (χ4v) is 9.01. The van der Waals surface area contributed by atoms with Crippen molar-refractivity contribution in [2.45, 2.75) is 25.7 Å². The SMILES string of the molecule is COc1cc(C2C3=CCC4C(=O)N(c5cc([N+](=O)[O-])c(N(C)C)c([N+](=O)[O-])c5)C(=O)C4C3CC3C(=O)N(c4ccccc4)C(=O)C32C)cc(OC)c1O. The fraction of sp³-hybridized carbons (Fsp3) is 0.351. The number of nitrogens with zero attached hydrogens (tertiary/aromatic N) is 5. The number of benzene rings is 3. The Bertz CT molecular complexity index is 2110. The summed E-state index contributed by atoms with van der Waals surface area (Å²) in [6, 6.07) is 13.5. The summed E-state index contributed by atoms with van der Waals surface area (Å²) < 4.78 is 10.9. The number of para-hydroxylation sites is 1. The zero-order valence-corrected chi connectivity index (χ0v) is 29.3. The average Bonchev–Trinajstić information content (AvgIpc) is 3.50. The molecule has 1 N–H and O–H groups in total. The van der Waals surface area contributed by atoms with Crippen LogP contribution in [0.5, 0.6) is 17.2 Å². The standard InChI is InChI=1S/C37H35N5O11/c1-37-24(34(45)40(36(37)47)19-9-7-6-8-10-19)17-23-21(30(37)18-13-27(52-4)32(43)28(14-18)53-5)11-12-22-29(23)35(46)39(33(22)44)20-15-25(41(48)49)31(38(2)3)26(16-20)42(50)51/h6-11,13-16,22-24,29-30,43H,12,17H2,1-5H3. The van der Waals surface area contributed by atoms with Crippen molar-refractivity contribution < 1.29 is 43.6 Å². The normalized spacial score (nSPS) is 26.1. The molecule has 3 aromatic rings. The average molecular weight is 726 g/mol. The lowest BCUT2D eigenvalue weighted by molar-refractivity contribution is -0.392. The maximum atomic E-state index is 14.7. The van der Waals surface area contributed by atoms with E-state index in [0.717, 1.165) is 21.9 Å². The van der Waals surface area contributed by atoms with E-state index in [1.165, 1.54) is 33.2 Å². The van der Waals surface area contributed by atoms with E-state index < -0.39 is 79.9 Å². The Morgan fingerprint density at radius 2 is 1.42 bits per heavy atom. The number of hydrogen-bond donors (Lipinski definition) is 1. The van der Waals surface area contributed by atoms with Crippen LogP contribution >= 0.6 is 0 Å². The van der Waals surface area contributed by atoms with Crippen molar-refractivity contribution in [1.82, 2.24) is 0 Å². The second-order valence-corrected chi connectivity index (χ2v) is 14.0. The third-order valence-corrected chi connectivity index (χ3v) is 11.3. The largest absolute Gasteiger partial charge is 0.502 e. The number of phenols is 1. The molecule has 16 nitrogen and oxygen atoms in total. The Labute approximate surface area is 302 Å². The summed E-state index contributed by atoms with van der Waals surface area (Å²) in [5, 5.41) is 35.1. The summed E-state index contributed by atoms with van der Waals surface area (Å²) in [6.45, 7) is 1.71. The molecule has 2 aliphatic heterocycles. The minimum atomic E-state index is -1.40. The molecule has 7 rings (SSSR count). The summed E-state index contributed by atoms with van der Waals surface area (Å²) in [5.41, 5.74) is -1.87. The number of ether oxygens (including phenoxy) is 2. The molecule has 53 heavy (non-hydrogen) atoms. The summed E-state index contributed by atoms with van der Waals surface area (Å²) in [4.78, 5) is 83.6. The van der Waals surface area contributed by atoms with Crippen molar-refractivity contribution in [3.05, 3.63) is 92.0 Å². The third kappa shape index (κ3) is 4.95. The Balaban J connectivity index is 1.39. The van der Waals surface area contributed by atoms with Gasteiger partial charge in [-0.2, -0.15) is 0 Å². The number of carbonyl (C=O) groups is 4. The molecule has 4 amide bonds. The van der Waals surface area contributed by atoms with Crippen LogP contribution < -0.4 is 24.2 Å². The van der Waals surface area contributed by atoms with Crippen LogP contribution in [0.25, 0.3) is 0 Å². The first kappa shape index (κ1) is 35.1. The summed E-state index contributed by atoms with van der Waals surface area (Å²) in [5.74, 6) is -7.13. The third-order valence-electron chi connectivity index (χ3n) is 11.3. The lowest BCUT2D eigenvalue weighted by Crippen LogP contribution is -2.48. The van der Waals surface area contributed by atoms with E-state index in [4.69, 9.17) is 9.47 Å². The summed E-state index contributed by atoms with van der Waals surface area (Å²) in [6.07, 6.45) is 1.88. The van der Waals surface area contributed by atoms with Crippen LogP contribution in [0, 0.1) is 49.3 Å². The maximum Gasteiger partial charge on any atom is 0.301 e. The van der Waals surface area contributed by atoms with Crippen molar-refractivity contribution in [2.24, 2.45) is 29.1 Å². The van der Waals surface area contributed by atoms with E-state index in [2.05, 4.69) is 0 Å². The van der Waals surface area contributed by atoms with E-state index in [9.17, 15) is 44.5 Å². The molecule has 274 valence electrons.